The molecule has 118 valence electrons. The van der Waals surface area contributed by atoms with Gasteiger partial charge < -0.3 is 5.11 Å². The highest BCUT2D eigenvalue weighted by Gasteiger charge is 2.10. The van der Waals surface area contributed by atoms with Crippen LogP contribution in [0.1, 0.15) is 29.8 Å². The average Bonchev–Trinajstić information content (AvgIpc) is 2.89. The number of fused-ring (bicyclic) bond motifs is 1. The lowest BCUT2D eigenvalue weighted by Crippen LogP contribution is -2.03. The van der Waals surface area contributed by atoms with E-state index in [4.69, 9.17) is 5.11 Å². The van der Waals surface area contributed by atoms with Crippen molar-refractivity contribution in [2.75, 3.05) is 0 Å². The predicted molar refractivity (Wildman–Crippen MR) is 86.3 cm³/mol. The summed E-state index contributed by atoms with van der Waals surface area (Å²) >= 11 is 0. The van der Waals surface area contributed by atoms with Gasteiger partial charge in [0.25, 0.3) is 0 Å². The lowest BCUT2D eigenvalue weighted by atomic mass is 10.0. The Kier molecular flexibility index (Phi) is 4.06. The highest BCUT2D eigenvalue weighted by atomic mass is 16.4. The van der Waals surface area contributed by atoms with Crippen molar-refractivity contribution in [2.45, 2.75) is 33.1 Å². The molecule has 0 saturated heterocycles. The van der Waals surface area contributed by atoms with E-state index in [1.54, 1.807) is 4.52 Å². The highest BCUT2D eigenvalue weighted by molar-refractivity contribution is 5.66. The van der Waals surface area contributed by atoms with Gasteiger partial charge in [0.1, 0.15) is 0 Å². The Morgan fingerprint density at radius 3 is 2.74 bits per heavy atom. The molecule has 6 nitrogen and oxygen atoms in total. The van der Waals surface area contributed by atoms with E-state index in [1.807, 2.05) is 12.1 Å². The Morgan fingerprint density at radius 1 is 1.17 bits per heavy atom. The van der Waals surface area contributed by atoms with Crippen LogP contribution in [-0.2, 0) is 11.2 Å². The van der Waals surface area contributed by atoms with Crippen molar-refractivity contribution >= 4 is 11.6 Å². The van der Waals surface area contributed by atoms with Gasteiger partial charge in [-0.05, 0) is 38.0 Å². The lowest BCUT2D eigenvalue weighted by molar-refractivity contribution is -0.137. The third-order valence-corrected chi connectivity index (χ3v) is 3.78. The minimum Gasteiger partial charge on any atom is -0.481 e. The summed E-state index contributed by atoms with van der Waals surface area (Å²) in [5.41, 5.74) is 4.98. The summed E-state index contributed by atoms with van der Waals surface area (Å²) < 4.78 is 1.70. The first-order valence-corrected chi connectivity index (χ1v) is 7.55. The molecule has 3 aromatic rings. The van der Waals surface area contributed by atoms with Crippen LogP contribution in [-0.4, -0.2) is 30.9 Å². The molecule has 1 aromatic carbocycles. The van der Waals surface area contributed by atoms with E-state index >= 15 is 0 Å². The Hall–Kier alpha value is -2.76. The fourth-order valence-corrected chi connectivity index (χ4v) is 2.63. The third-order valence-electron chi connectivity index (χ3n) is 3.78. The monoisotopic (exact) mass is 310 g/mol. The van der Waals surface area contributed by atoms with Gasteiger partial charge in [-0.3, -0.25) is 4.79 Å². The molecule has 0 amide bonds. The van der Waals surface area contributed by atoms with E-state index in [2.05, 4.69) is 47.3 Å². The number of aryl methyl sites for hydroxylation is 3. The first-order chi connectivity index (χ1) is 11.0. The van der Waals surface area contributed by atoms with E-state index in [0.29, 0.717) is 24.3 Å². The molecule has 0 atom stereocenters. The second kappa shape index (κ2) is 6.16. The SMILES string of the molecule is Cc1ccc(-c2ccc3nnc(CCCC(=O)O)n3n2)c(C)c1. The van der Waals surface area contributed by atoms with Crippen LogP contribution in [0.4, 0.5) is 0 Å². The van der Waals surface area contributed by atoms with Crippen molar-refractivity contribution < 1.29 is 9.90 Å². The highest BCUT2D eigenvalue weighted by Crippen LogP contribution is 2.22. The molecule has 0 aliphatic heterocycles. The first-order valence-electron chi connectivity index (χ1n) is 7.55. The van der Waals surface area contributed by atoms with Gasteiger partial charge in [0, 0.05) is 18.4 Å². The summed E-state index contributed by atoms with van der Waals surface area (Å²) in [6.45, 7) is 4.13. The molecule has 23 heavy (non-hydrogen) atoms. The number of nitrogens with zero attached hydrogens (tertiary/aromatic N) is 4. The van der Waals surface area contributed by atoms with E-state index in [-0.39, 0.29) is 6.42 Å². The van der Waals surface area contributed by atoms with Crippen LogP contribution in [0.5, 0.6) is 0 Å². The Morgan fingerprint density at radius 2 is 2.00 bits per heavy atom. The van der Waals surface area contributed by atoms with Gasteiger partial charge >= 0.3 is 5.97 Å². The largest absolute Gasteiger partial charge is 0.481 e. The van der Waals surface area contributed by atoms with Gasteiger partial charge in [-0.1, -0.05) is 23.8 Å². The summed E-state index contributed by atoms with van der Waals surface area (Å²) in [7, 11) is 0. The van der Waals surface area contributed by atoms with Crippen LogP contribution in [0, 0.1) is 13.8 Å². The summed E-state index contributed by atoms with van der Waals surface area (Å²) in [6, 6.07) is 10.1. The van der Waals surface area contributed by atoms with Crippen molar-refractivity contribution in [3.05, 3.63) is 47.3 Å². The molecule has 0 spiro atoms. The van der Waals surface area contributed by atoms with Crippen LogP contribution in [0.15, 0.2) is 30.3 Å². The molecule has 0 bridgehead atoms. The maximum absolute atomic E-state index is 10.6. The molecule has 0 aliphatic carbocycles. The Bertz CT molecular complexity index is 870. The van der Waals surface area contributed by atoms with Crippen molar-refractivity contribution in [1.82, 2.24) is 19.8 Å². The van der Waals surface area contributed by atoms with E-state index < -0.39 is 5.97 Å². The number of rotatable bonds is 5. The fraction of sp³-hybridized carbons (Fsp3) is 0.294. The fourth-order valence-electron chi connectivity index (χ4n) is 2.63. The van der Waals surface area contributed by atoms with E-state index in [0.717, 1.165) is 16.8 Å². The molecule has 0 radical (unpaired) electrons. The number of aromatic nitrogens is 4. The van der Waals surface area contributed by atoms with Gasteiger partial charge in [0.05, 0.1) is 5.69 Å². The number of benzene rings is 1. The molecule has 0 saturated carbocycles. The minimum absolute atomic E-state index is 0.117. The number of hydrogen-bond donors (Lipinski definition) is 1. The number of carboxylic acid groups (broad SMARTS) is 1. The van der Waals surface area contributed by atoms with Crippen LogP contribution in [0.3, 0.4) is 0 Å². The maximum atomic E-state index is 10.6. The zero-order valence-electron chi connectivity index (χ0n) is 13.2. The van der Waals surface area contributed by atoms with Gasteiger partial charge in [-0.2, -0.15) is 9.61 Å². The number of hydrogen-bond acceptors (Lipinski definition) is 4. The van der Waals surface area contributed by atoms with Gasteiger partial charge in [-0.15, -0.1) is 10.2 Å². The Balaban J connectivity index is 1.95. The number of carbonyl (C=O) groups is 1. The van der Waals surface area contributed by atoms with Crippen LogP contribution >= 0.6 is 0 Å². The van der Waals surface area contributed by atoms with Crippen LogP contribution in [0.2, 0.25) is 0 Å². The molecule has 6 heteroatoms. The summed E-state index contributed by atoms with van der Waals surface area (Å²) in [4.78, 5) is 10.6. The van der Waals surface area contributed by atoms with Crippen molar-refractivity contribution in [2.24, 2.45) is 0 Å². The third kappa shape index (κ3) is 3.21. The Labute approximate surface area is 133 Å². The molecule has 0 fully saturated rings. The van der Waals surface area contributed by atoms with Gasteiger partial charge in [-0.25, -0.2) is 0 Å². The zero-order valence-corrected chi connectivity index (χ0v) is 13.2. The van der Waals surface area contributed by atoms with Crippen molar-refractivity contribution in [3.63, 3.8) is 0 Å². The normalized spacial score (nSPS) is 11.0. The second-order valence-corrected chi connectivity index (χ2v) is 5.67. The summed E-state index contributed by atoms with van der Waals surface area (Å²) in [6.07, 6.45) is 1.17. The second-order valence-electron chi connectivity index (χ2n) is 5.67. The number of aliphatic carboxylic acids is 1. The van der Waals surface area contributed by atoms with Crippen LogP contribution in [0.25, 0.3) is 16.9 Å². The zero-order chi connectivity index (χ0) is 16.4. The molecule has 3 rings (SSSR count). The van der Waals surface area contributed by atoms with Crippen molar-refractivity contribution in [3.8, 4) is 11.3 Å². The van der Waals surface area contributed by atoms with Gasteiger partial charge in [0.2, 0.25) is 0 Å². The molecule has 0 aliphatic rings. The van der Waals surface area contributed by atoms with Gasteiger partial charge in [0.15, 0.2) is 11.5 Å². The smallest absolute Gasteiger partial charge is 0.303 e. The van der Waals surface area contributed by atoms with E-state index in [1.165, 1.54) is 5.56 Å². The summed E-state index contributed by atoms with van der Waals surface area (Å²) in [5, 5.41) is 21.6. The first kappa shape index (κ1) is 15.1. The molecular formula is C17H18N4O2. The lowest BCUT2D eigenvalue weighted by Gasteiger charge is -2.07. The number of carboxylic acids is 1. The molecule has 1 N–H and O–H groups in total. The molecule has 2 heterocycles. The predicted octanol–water partition coefficient (Wildman–Crippen LogP) is 2.82. The van der Waals surface area contributed by atoms with Crippen molar-refractivity contribution in [1.29, 1.82) is 0 Å². The quantitative estimate of drug-likeness (QED) is 0.783. The maximum Gasteiger partial charge on any atom is 0.303 e. The molecule has 2 aromatic heterocycles. The summed E-state index contributed by atoms with van der Waals surface area (Å²) in [5.74, 6) is -0.115. The molecule has 0 unspecified atom stereocenters. The average molecular weight is 310 g/mol. The minimum atomic E-state index is -0.803. The van der Waals surface area contributed by atoms with E-state index in [9.17, 15) is 4.79 Å². The van der Waals surface area contributed by atoms with Crippen LogP contribution < -0.4 is 0 Å². The molecular weight excluding hydrogens is 292 g/mol. The topological polar surface area (TPSA) is 80.4 Å². The standard InChI is InChI=1S/C17H18N4O2/c1-11-6-7-13(12(2)10-11)14-8-9-16-19-18-15(21(16)20-14)4-3-5-17(22)23/h6-10H,3-5H2,1-2H3,(H,22,23).